The van der Waals surface area contributed by atoms with Crippen LogP contribution in [0.1, 0.15) is 16.7 Å². The molecule has 6 heteroatoms. The van der Waals surface area contributed by atoms with Crippen molar-refractivity contribution in [2.24, 2.45) is 4.99 Å². The van der Waals surface area contributed by atoms with Crippen molar-refractivity contribution in [2.45, 2.75) is 19.9 Å². The molecule has 27 heavy (non-hydrogen) atoms. The van der Waals surface area contributed by atoms with Gasteiger partial charge in [-0.3, -0.25) is 4.79 Å². The monoisotopic (exact) mass is 370 g/mol. The van der Waals surface area contributed by atoms with Crippen LogP contribution < -0.4 is 10.6 Å². The zero-order valence-corrected chi connectivity index (χ0v) is 16.1. The fourth-order valence-electron chi connectivity index (χ4n) is 2.44. The maximum absolute atomic E-state index is 13.4. The maximum atomic E-state index is 13.4. The zero-order valence-electron chi connectivity index (χ0n) is 16.1. The molecule has 144 valence electrons. The van der Waals surface area contributed by atoms with Gasteiger partial charge in [0.2, 0.25) is 5.91 Å². The first kappa shape index (κ1) is 20.4. The molecule has 0 radical (unpaired) electrons. The van der Waals surface area contributed by atoms with Gasteiger partial charge < -0.3 is 15.5 Å². The zero-order chi connectivity index (χ0) is 19.6. The van der Waals surface area contributed by atoms with E-state index in [1.165, 1.54) is 16.5 Å². The van der Waals surface area contributed by atoms with Crippen LogP contribution in [-0.2, 0) is 17.8 Å². The van der Waals surface area contributed by atoms with Gasteiger partial charge in [0.05, 0.1) is 13.1 Å². The molecular formula is C21H27FN4O. The number of hydrogen-bond donors (Lipinski definition) is 2. The van der Waals surface area contributed by atoms with E-state index < -0.39 is 0 Å². The standard InChI is InChI=1S/C21H27FN4O/c1-16-13-18(9-10-19(16)22)14-24-21(25-15-20(27)26(2)3)23-12-11-17-7-5-4-6-8-17/h4-10,13H,11-12,14-15H2,1-3H3,(H2,23,24,25). The second kappa shape index (κ2) is 10.3. The van der Waals surface area contributed by atoms with Gasteiger partial charge in [0.25, 0.3) is 0 Å². The molecule has 0 aliphatic heterocycles. The predicted octanol–water partition coefficient (Wildman–Crippen LogP) is 2.50. The summed E-state index contributed by atoms with van der Waals surface area (Å²) in [7, 11) is 3.43. The molecule has 2 N–H and O–H groups in total. The Labute approximate surface area is 160 Å². The molecule has 0 saturated heterocycles. The van der Waals surface area contributed by atoms with Gasteiger partial charge in [-0.2, -0.15) is 0 Å². The summed E-state index contributed by atoms with van der Waals surface area (Å²) in [6, 6.07) is 15.1. The lowest BCUT2D eigenvalue weighted by Gasteiger charge is -2.15. The minimum atomic E-state index is -0.223. The van der Waals surface area contributed by atoms with E-state index in [0.717, 1.165) is 12.0 Å². The summed E-state index contributed by atoms with van der Waals surface area (Å²) in [6.07, 6.45) is 0.846. The van der Waals surface area contributed by atoms with E-state index in [0.29, 0.717) is 24.6 Å². The second-order valence-corrected chi connectivity index (χ2v) is 6.55. The number of rotatable bonds is 7. The minimum absolute atomic E-state index is 0.0369. The van der Waals surface area contributed by atoms with Crippen molar-refractivity contribution >= 4 is 11.9 Å². The molecule has 0 spiro atoms. The minimum Gasteiger partial charge on any atom is -0.356 e. The fourth-order valence-corrected chi connectivity index (χ4v) is 2.44. The van der Waals surface area contributed by atoms with Crippen LogP contribution in [0.3, 0.4) is 0 Å². The predicted molar refractivity (Wildman–Crippen MR) is 107 cm³/mol. The van der Waals surface area contributed by atoms with Gasteiger partial charge in [0, 0.05) is 20.6 Å². The summed E-state index contributed by atoms with van der Waals surface area (Å²) in [5, 5.41) is 6.31. The summed E-state index contributed by atoms with van der Waals surface area (Å²) >= 11 is 0. The van der Waals surface area contributed by atoms with Crippen LogP contribution in [0.5, 0.6) is 0 Å². The van der Waals surface area contributed by atoms with Crippen molar-refractivity contribution < 1.29 is 9.18 Å². The Morgan fingerprint density at radius 1 is 1.07 bits per heavy atom. The molecule has 0 atom stereocenters. The van der Waals surface area contributed by atoms with Crippen molar-refractivity contribution in [1.29, 1.82) is 0 Å². The van der Waals surface area contributed by atoms with Crippen molar-refractivity contribution in [3.8, 4) is 0 Å². The maximum Gasteiger partial charge on any atom is 0.241 e. The average molecular weight is 370 g/mol. The molecule has 0 heterocycles. The van der Waals surface area contributed by atoms with Crippen LogP contribution in [-0.4, -0.2) is 44.0 Å². The molecule has 2 aromatic rings. The van der Waals surface area contributed by atoms with Crippen LogP contribution in [0, 0.1) is 12.7 Å². The molecule has 0 fully saturated rings. The lowest BCUT2D eigenvalue weighted by molar-refractivity contribution is -0.127. The summed E-state index contributed by atoms with van der Waals surface area (Å²) in [4.78, 5) is 17.9. The SMILES string of the molecule is Cc1cc(CN=C(NCCc2ccccc2)NCC(=O)N(C)C)ccc1F. The van der Waals surface area contributed by atoms with Crippen LogP contribution in [0.15, 0.2) is 53.5 Å². The fraction of sp³-hybridized carbons (Fsp3) is 0.333. The Hall–Kier alpha value is -2.89. The number of carbonyl (C=O) groups is 1. The first-order valence-corrected chi connectivity index (χ1v) is 8.97. The van der Waals surface area contributed by atoms with E-state index in [9.17, 15) is 9.18 Å². The highest BCUT2D eigenvalue weighted by Gasteiger charge is 2.06. The highest BCUT2D eigenvalue weighted by atomic mass is 19.1. The summed E-state index contributed by atoms with van der Waals surface area (Å²) in [5.41, 5.74) is 2.73. The second-order valence-electron chi connectivity index (χ2n) is 6.55. The molecule has 0 aliphatic carbocycles. The number of carbonyl (C=O) groups excluding carboxylic acids is 1. The van der Waals surface area contributed by atoms with E-state index in [2.05, 4.69) is 27.8 Å². The third-order valence-electron chi connectivity index (χ3n) is 4.10. The third-order valence-corrected chi connectivity index (χ3v) is 4.10. The number of halogens is 1. The number of nitrogens with one attached hydrogen (secondary N) is 2. The number of benzene rings is 2. The highest BCUT2D eigenvalue weighted by Crippen LogP contribution is 2.10. The van der Waals surface area contributed by atoms with Crippen LogP contribution in [0.25, 0.3) is 0 Å². The smallest absolute Gasteiger partial charge is 0.241 e. The largest absolute Gasteiger partial charge is 0.356 e. The Balaban J connectivity index is 1.98. The molecule has 5 nitrogen and oxygen atoms in total. The lowest BCUT2D eigenvalue weighted by atomic mass is 10.1. The normalized spacial score (nSPS) is 11.2. The molecular weight excluding hydrogens is 343 g/mol. The average Bonchev–Trinajstić information content (AvgIpc) is 2.66. The topological polar surface area (TPSA) is 56.7 Å². The Kier molecular flexibility index (Phi) is 7.79. The van der Waals surface area contributed by atoms with Gasteiger partial charge in [0.15, 0.2) is 5.96 Å². The van der Waals surface area contributed by atoms with Crippen LogP contribution in [0.4, 0.5) is 4.39 Å². The first-order valence-electron chi connectivity index (χ1n) is 8.97. The first-order chi connectivity index (χ1) is 13.0. The molecule has 0 aromatic heterocycles. The van der Waals surface area contributed by atoms with Crippen molar-refractivity contribution in [1.82, 2.24) is 15.5 Å². The van der Waals surface area contributed by atoms with Gasteiger partial charge in [-0.15, -0.1) is 0 Å². The molecule has 2 rings (SSSR count). The molecule has 2 aromatic carbocycles. The number of guanidine groups is 1. The molecule has 0 unspecified atom stereocenters. The van der Waals surface area contributed by atoms with E-state index >= 15 is 0 Å². The van der Waals surface area contributed by atoms with Crippen molar-refractivity contribution in [3.05, 3.63) is 71.0 Å². The lowest BCUT2D eigenvalue weighted by Crippen LogP contribution is -2.43. The van der Waals surface area contributed by atoms with Crippen LogP contribution in [0.2, 0.25) is 0 Å². The molecule has 1 amide bonds. The van der Waals surface area contributed by atoms with Gasteiger partial charge in [-0.25, -0.2) is 9.38 Å². The quantitative estimate of drug-likeness (QED) is 0.582. The number of nitrogens with zero attached hydrogens (tertiary/aromatic N) is 2. The van der Waals surface area contributed by atoms with Gasteiger partial charge in [-0.05, 0) is 36.1 Å². The summed E-state index contributed by atoms with van der Waals surface area (Å²) in [5.74, 6) is 0.298. The Bertz CT molecular complexity index is 775. The van der Waals surface area contributed by atoms with Crippen molar-refractivity contribution in [3.63, 3.8) is 0 Å². The molecule has 0 aliphatic rings. The van der Waals surface area contributed by atoms with Gasteiger partial charge in [0.1, 0.15) is 5.82 Å². The van der Waals surface area contributed by atoms with Gasteiger partial charge >= 0.3 is 0 Å². The number of hydrogen-bond acceptors (Lipinski definition) is 2. The van der Waals surface area contributed by atoms with Gasteiger partial charge in [-0.1, -0.05) is 42.5 Å². The van der Waals surface area contributed by atoms with Crippen LogP contribution >= 0.6 is 0 Å². The Morgan fingerprint density at radius 3 is 2.48 bits per heavy atom. The molecule has 0 bridgehead atoms. The van der Waals surface area contributed by atoms with E-state index in [4.69, 9.17) is 0 Å². The Morgan fingerprint density at radius 2 is 1.81 bits per heavy atom. The van der Waals surface area contributed by atoms with Crippen molar-refractivity contribution in [2.75, 3.05) is 27.2 Å². The number of amides is 1. The van der Waals surface area contributed by atoms with E-state index in [1.54, 1.807) is 33.2 Å². The number of aliphatic imine (C=N–C) groups is 1. The van der Waals surface area contributed by atoms with E-state index in [-0.39, 0.29) is 18.3 Å². The number of likely N-dealkylation sites (N-methyl/N-ethyl adjacent to an activating group) is 1. The summed E-state index contributed by atoms with van der Waals surface area (Å²) < 4.78 is 13.4. The van der Waals surface area contributed by atoms with E-state index in [1.807, 2.05) is 18.2 Å². The highest BCUT2D eigenvalue weighted by molar-refractivity contribution is 5.86. The summed E-state index contributed by atoms with van der Waals surface area (Å²) in [6.45, 7) is 2.98. The molecule has 0 saturated carbocycles. The third kappa shape index (κ3) is 7.09. The number of aryl methyl sites for hydroxylation is 1.